The summed E-state index contributed by atoms with van der Waals surface area (Å²) in [6.45, 7) is 5.38. The van der Waals surface area contributed by atoms with E-state index < -0.39 is 21.9 Å². The number of carbonyl (C=O) groups is 1. The first-order valence-corrected chi connectivity index (χ1v) is 7.55. The Balaban J connectivity index is 2.80. The van der Waals surface area contributed by atoms with Crippen molar-refractivity contribution < 1.29 is 18.3 Å². The Bertz CT molecular complexity index is 534. The summed E-state index contributed by atoms with van der Waals surface area (Å²) in [7, 11) is -3.64. The van der Waals surface area contributed by atoms with E-state index in [1.165, 1.54) is 19.1 Å². The zero-order valence-electron chi connectivity index (χ0n) is 11.3. The van der Waals surface area contributed by atoms with E-state index in [1.807, 2.05) is 13.8 Å². The third-order valence-corrected chi connectivity index (χ3v) is 4.30. The second kappa shape index (κ2) is 6.16. The van der Waals surface area contributed by atoms with Crippen LogP contribution in [0.2, 0.25) is 0 Å². The van der Waals surface area contributed by atoms with Crippen LogP contribution in [0.4, 0.5) is 0 Å². The summed E-state index contributed by atoms with van der Waals surface area (Å²) in [6.07, 6.45) is 0. The maximum atomic E-state index is 11.9. The molecule has 1 atom stereocenters. The van der Waals surface area contributed by atoms with Crippen molar-refractivity contribution in [1.29, 1.82) is 0 Å². The molecule has 106 valence electrons. The van der Waals surface area contributed by atoms with E-state index in [0.29, 0.717) is 5.92 Å². The van der Waals surface area contributed by atoms with Crippen molar-refractivity contribution in [2.45, 2.75) is 31.6 Å². The third kappa shape index (κ3) is 4.33. The first kappa shape index (κ1) is 15.7. The number of carboxylic acids is 1. The van der Waals surface area contributed by atoms with Crippen LogP contribution in [0.25, 0.3) is 0 Å². The lowest BCUT2D eigenvalue weighted by Crippen LogP contribution is -2.31. The van der Waals surface area contributed by atoms with Gasteiger partial charge in [-0.3, -0.25) is 4.79 Å². The summed E-state index contributed by atoms with van der Waals surface area (Å²) in [6, 6.07) is 6.59. The number of carboxylic acid groups (broad SMARTS) is 1. The maximum absolute atomic E-state index is 11.9. The van der Waals surface area contributed by atoms with Crippen molar-refractivity contribution in [3.05, 3.63) is 29.8 Å². The zero-order valence-corrected chi connectivity index (χ0v) is 12.1. The van der Waals surface area contributed by atoms with E-state index in [-0.39, 0.29) is 11.4 Å². The largest absolute Gasteiger partial charge is 0.481 e. The number of hydrogen-bond acceptors (Lipinski definition) is 3. The van der Waals surface area contributed by atoms with Crippen LogP contribution in [-0.2, 0) is 14.8 Å². The van der Waals surface area contributed by atoms with Crippen LogP contribution < -0.4 is 4.72 Å². The minimum absolute atomic E-state index is 0.121. The first-order chi connectivity index (χ1) is 8.74. The molecule has 2 N–H and O–H groups in total. The molecule has 0 radical (unpaired) electrons. The molecule has 1 aromatic rings. The fourth-order valence-electron chi connectivity index (χ4n) is 1.44. The topological polar surface area (TPSA) is 83.5 Å². The molecule has 6 heteroatoms. The van der Waals surface area contributed by atoms with Gasteiger partial charge in [0.2, 0.25) is 10.0 Å². The third-order valence-electron chi connectivity index (χ3n) is 2.86. The van der Waals surface area contributed by atoms with Gasteiger partial charge in [-0.25, -0.2) is 13.1 Å². The minimum atomic E-state index is -3.64. The summed E-state index contributed by atoms with van der Waals surface area (Å²) in [4.78, 5) is 10.8. The molecule has 0 aliphatic carbocycles. The number of nitrogens with one attached hydrogen (secondary N) is 1. The summed E-state index contributed by atoms with van der Waals surface area (Å²) in [5.41, 5.74) is 1.05. The summed E-state index contributed by atoms with van der Waals surface area (Å²) in [5.74, 6) is -1.46. The first-order valence-electron chi connectivity index (χ1n) is 6.06. The average molecular weight is 285 g/mol. The van der Waals surface area contributed by atoms with Gasteiger partial charge in [0.25, 0.3) is 0 Å². The van der Waals surface area contributed by atoms with Crippen LogP contribution in [0, 0.1) is 5.92 Å². The molecule has 0 aliphatic rings. The predicted molar refractivity (Wildman–Crippen MR) is 72.5 cm³/mol. The highest BCUT2D eigenvalue weighted by molar-refractivity contribution is 7.89. The number of aliphatic carboxylic acids is 1. The highest BCUT2D eigenvalue weighted by atomic mass is 32.2. The molecule has 0 saturated heterocycles. The Morgan fingerprint density at radius 3 is 2.16 bits per heavy atom. The molecule has 0 fully saturated rings. The maximum Gasteiger partial charge on any atom is 0.307 e. The van der Waals surface area contributed by atoms with E-state index in [1.54, 1.807) is 12.1 Å². The molecular formula is C13H19NO4S. The Kier molecular flexibility index (Phi) is 5.08. The van der Waals surface area contributed by atoms with Crippen LogP contribution >= 0.6 is 0 Å². The summed E-state index contributed by atoms with van der Waals surface area (Å²) >= 11 is 0. The number of sulfonamides is 1. The Labute approximate surface area is 113 Å². The number of hydrogen-bond donors (Lipinski definition) is 2. The Morgan fingerprint density at radius 1 is 1.21 bits per heavy atom. The van der Waals surface area contributed by atoms with Gasteiger partial charge >= 0.3 is 5.97 Å². The van der Waals surface area contributed by atoms with Gasteiger partial charge in [-0.2, -0.15) is 0 Å². The summed E-state index contributed by atoms with van der Waals surface area (Å²) in [5, 5.41) is 8.71. The van der Waals surface area contributed by atoms with Crippen LogP contribution in [0.1, 0.15) is 32.3 Å². The van der Waals surface area contributed by atoms with Gasteiger partial charge in [0.15, 0.2) is 0 Å². The van der Waals surface area contributed by atoms with Gasteiger partial charge in [0.1, 0.15) is 0 Å². The van der Waals surface area contributed by atoms with Crippen molar-refractivity contribution in [2.24, 2.45) is 5.92 Å². The van der Waals surface area contributed by atoms with Gasteiger partial charge < -0.3 is 5.11 Å². The lowest BCUT2D eigenvalue weighted by molar-refractivity contribution is -0.140. The SMILES string of the molecule is CC(CNS(=O)(=O)c1ccc(C(C)C)cc1)C(=O)O. The molecule has 19 heavy (non-hydrogen) atoms. The lowest BCUT2D eigenvalue weighted by Gasteiger charge is -2.10. The molecule has 1 rings (SSSR count). The van der Waals surface area contributed by atoms with Crippen molar-refractivity contribution in [1.82, 2.24) is 4.72 Å². The standard InChI is InChI=1S/C13H19NO4S/c1-9(2)11-4-6-12(7-5-11)19(17,18)14-8-10(3)13(15)16/h4-7,9-10,14H,8H2,1-3H3,(H,15,16). The van der Waals surface area contributed by atoms with Gasteiger partial charge in [0, 0.05) is 6.54 Å². The molecule has 0 aromatic heterocycles. The van der Waals surface area contributed by atoms with Crippen LogP contribution in [0.15, 0.2) is 29.2 Å². The smallest absolute Gasteiger partial charge is 0.307 e. The molecule has 0 saturated carbocycles. The lowest BCUT2D eigenvalue weighted by atomic mass is 10.0. The van der Waals surface area contributed by atoms with E-state index in [4.69, 9.17) is 5.11 Å². The molecular weight excluding hydrogens is 266 g/mol. The molecule has 1 unspecified atom stereocenters. The normalized spacial score (nSPS) is 13.5. The van der Waals surface area contributed by atoms with E-state index in [2.05, 4.69) is 4.72 Å². The number of benzene rings is 1. The van der Waals surface area contributed by atoms with E-state index in [9.17, 15) is 13.2 Å². The quantitative estimate of drug-likeness (QED) is 0.835. The molecule has 0 spiro atoms. The van der Waals surface area contributed by atoms with Gasteiger partial charge in [-0.1, -0.05) is 32.9 Å². The van der Waals surface area contributed by atoms with Crippen LogP contribution in [0.3, 0.4) is 0 Å². The molecule has 0 bridgehead atoms. The van der Waals surface area contributed by atoms with Crippen molar-refractivity contribution >= 4 is 16.0 Å². The summed E-state index contributed by atoms with van der Waals surface area (Å²) < 4.78 is 26.2. The van der Waals surface area contributed by atoms with E-state index in [0.717, 1.165) is 5.56 Å². The van der Waals surface area contributed by atoms with Crippen molar-refractivity contribution in [2.75, 3.05) is 6.54 Å². The van der Waals surface area contributed by atoms with E-state index >= 15 is 0 Å². The van der Waals surface area contributed by atoms with Crippen molar-refractivity contribution in [3.63, 3.8) is 0 Å². The van der Waals surface area contributed by atoms with Crippen LogP contribution in [-0.4, -0.2) is 26.0 Å². The molecule has 0 heterocycles. The number of rotatable bonds is 6. The Morgan fingerprint density at radius 2 is 1.74 bits per heavy atom. The highest BCUT2D eigenvalue weighted by Gasteiger charge is 2.18. The van der Waals surface area contributed by atoms with Crippen molar-refractivity contribution in [3.8, 4) is 0 Å². The predicted octanol–water partition coefficient (Wildman–Crippen LogP) is 1.81. The average Bonchev–Trinajstić information content (AvgIpc) is 2.36. The second-order valence-electron chi connectivity index (χ2n) is 4.81. The molecule has 5 nitrogen and oxygen atoms in total. The zero-order chi connectivity index (χ0) is 14.6. The fraction of sp³-hybridized carbons (Fsp3) is 0.462. The Hall–Kier alpha value is -1.40. The van der Waals surface area contributed by atoms with Gasteiger partial charge in [-0.15, -0.1) is 0 Å². The van der Waals surface area contributed by atoms with Crippen LogP contribution in [0.5, 0.6) is 0 Å². The molecule has 0 amide bonds. The molecule has 1 aromatic carbocycles. The second-order valence-corrected chi connectivity index (χ2v) is 6.58. The fourth-order valence-corrected chi connectivity index (χ4v) is 2.57. The highest BCUT2D eigenvalue weighted by Crippen LogP contribution is 2.17. The monoisotopic (exact) mass is 285 g/mol. The van der Waals surface area contributed by atoms with Gasteiger partial charge in [0.05, 0.1) is 10.8 Å². The van der Waals surface area contributed by atoms with Gasteiger partial charge in [-0.05, 0) is 23.6 Å². The molecule has 0 aliphatic heterocycles. The minimum Gasteiger partial charge on any atom is -0.481 e.